The van der Waals surface area contributed by atoms with Crippen LogP contribution in [0.25, 0.3) is 0 Å². The Morgan fingerprint density at radius 1 is 1.35 bits per heavy atom. The molecule has 0 saturated carbocycles. The first-order valence-corrected chi connectivity index (χ1v) is 8.68. The molecular weight excluding hydrogens is 276 g/mol. The van der Waals surface area contributed by atoms with Crippen molar-refractivity contribution in [2.45, 2.75) is 19.8 Å². The number of sulfonamides is 1. The lowest BCUT2D eigenvalue weighted by Crippen LogP contribution is -2.33. The Morgan fingerprint density at radius 2 is 2.10 bits per heavy atom. The van der Waals surface area contributed by atoms with Gasteiger partial charge in [0, 0.05) is 6.07 Å². The van der Waals surface area contributed by atoms with Gasteiger partial charge in [-0.15, -0.1) is 0 Å². The first kappa shape index (κ1) is 15.1. The van der Waals surface area contributed by atoms with Crippen molar-refractivity contribution in [3.63, 3.8) is 0 Å². The van der Waals surface area contributed by atoms with Gasteiger partial charge in [0.15, 0.2) is 0 Å². The third-order valence-electron chi connectivity index (χ3n) is 3.33. The maximum absolute atomic E-state index is 12.2. The molecule has 0 bridgehead atoms. The van der Waals surface area contributed by atoms with E-state index < -0.39 is 10.0 Å². The summed E-state index contributed by atoms with van der Waals surface area (Å²) in [6, 6.07) is 7.05. The van der Waals surface area contributed by atoms with Gasteiger partial charge in [0.2, 0.25) is 10.0 Å². The van der Waals surface area contributed by atoms with E-state index >= 15 is 0 Å². The van der Waals surface area contributed by atoms with E-state index in [1.807, 2.05) is 13.0 Å². The second-order valence-electron chi connectivity index (χ2n) is 5.04. The number of nitrogens with one attached hydrogen (secondary N) is 2. The van der Waals surface area contributed by atoms with E-state index in [2.05, 4.69) is 10.0 Å². The van der Waals surface area contributed by atoms with Crippen molar-refractivity contribution < 1.29 is 13.2 Å². The molecule has 112 valence electrons. The Hall–Kier alpha value is -1.27. The summed E-state index contributed by atoms with van der Waals surface area (Å²) in [6.45, 7) is 4.26. The minimum absolute atomic E-state index is 0.188. The van der Waals surface area contributed by atoms with Gasteiger partial charge in [-0.25, -0.2) is 8.42 Å². The molecule has 5 nitrogen and oxygen atoms in total. The van der Waals surface area contributed by atoms with Crippen LogP contribution in [0.3, 0.4) is 0 Å². The number of anilines is 1. The van der Waals surface area contributed by atoms with Crippen LogP contribution in [0.1, 0.15) is 19.8 Å². The molecule has 20 heavy (non-hydrogen) atoms. The fraction of sp³-hybridized carbons (Fsp3) is 0.571. The third-order valence-corrected chi connectivity index (χ3v) is 4.79. The van der Waals surface area contributed by atoms with Gasteiger partial charge in [-0.05, 0) is 50.9 Å². The van der Waals surface area contributed by atoms with Gasteiger partial charge in [0.25, 0.3) is 0 Å². The fourth-order valence-corrected chi connectivity index (χ4v) is 3.92. The van der Waals surface area contributed by atoms with Gasteiger partial charge in [-0.3, -0.25) is 4.72 Å². The highest BCUT2D eigenvalue weighted by molar-refractivity contribution is 7.92. The Labute approximate surface area is 120 Å². The molecule has 2 N–H and O–H groups in total. The summed E-state index contributed by atoms with van der Waals surface area (Å²) in [5, 5.41) is 3.24. The standard InChI is InChI=1S/C14H22N2O3S/c1-2-19-14-5-3-4-13(10-14)16-20(17,18)11-12-6-8-15-9-7-12/h3-5,10,12,15-16H,2,6-9,11H2,1H3. The molecule has 1 saturated heterocycles. The smallest absolute Gasteiger partial charge is 0.232 e. The Balaban J connectivity index is 1.98. The van der Waals surface area contributed by atoms with E-state index in [1.165, 1.54) is 0 Å². The van der Waals surface area contributed by atoms with Crippen molar-refractivity contribution >= 4 is 15.7 Å². The SMILES string of the molecule is CCOc1cccc(NS(=O)(=O)CC2CCNCC2)c1. The Bertz CT molecular complexity index is 525. The zero-order chi connectivity index (χ0) is 14.4. The van der Waals surface area contributed by atoms with Crippen LogP contribution in [0.4, 0.5) is 5.69 Å². The summed E-state index contributed by atoms with van der Waals surface area (Å²) in [5.74, 6) is 1.10. The monoisotopic (exact) mass is 298 g/mol. The number of rotatable bonds is 6. The second kappa shape index (κ2) is 6.95. The summed E-state index contributed by atoms with van der Waals surface area (Å²) in [7, 11) is -3.30. The van der Waals surface area contributed by atoms with Gasteiger partial charge in [-0.2, -0.15) is 0 Å². The first-order valence-electron chi connectivity index (χ1n) is 7.03. The van der Waals surface area contributed by atoms with Crippen LogP contribution in [0.2, 0.25) is 0 Å². The maximum Gasteiger partial charge on any atom is 0.232 e. The summed E-state index contributed by atoms with van der Waals surface area (Å²) in [5.41, 5.74) is 0.560. The number of ether oxygens (including phenoxy) is 1. The third kappa shape index (κ3) is 4.68. The van der Waals surface area contributed by atoms with Crippen molar-refractivity contribution in [3.8, 4) is 5.75 Å². The molecule has 0 unspecified atom stereocenters. The second-order valence-corrected chi connectivity index (χ2v) is 6.80. The fourth-order valence-electron chi connectivity index (χ4n) is 2.40. The van der Waals surface area contributed by atoms with E-state index in [-0.39, 0.29) is 11.7 Å². The minimum atomic E-state index is -3.30. The minimum Gasteiger partial charge on any atom is -0.494 e. The zero-order valence-corrected chi connectivity index (χ0v) is 12.6. The lowest BCUT2D eigenvalue weighted by molar-refractivity contribution is 0.340. The predicted molar refractivity (Wildman–Crippen MR) is 80.6 cm³/mol. The lowest BCUT2D eigenvalue weighted by atomic mass is 10.0. The number of hydrogen-bond acceptors (Lipinski definition) is 4. The molecule has 2 rings (SSSR count). The van der Waals surface area contributed by atoms with Crippen LogP contribution < -0.4 is 14.8 Å². The van der Waals surface area contributed by atoms with Crippen molar-refractivity contribution in [1.29, 1.82) is 0 Å². The number of piperidine rings is 1. The lowest BCUT2D eigenvalue weighted by Gasteiger charge is -2.22. The van der Waals surface area contributed by atoms with E-state index in [9.17, 15) is 8.42 Å². The molecule has 6 heteroatoms. The van der Waals surface area contributed by atoms with E-state index in [1.54, 1.807) is 18.2 Å². The normalized spacial score (nSPS) is 16.9. The molecule has 0 spiro atoms. The van der Waals surface area contributed by atoms with Crippen molar-refractivity contribution in [1.82, 2.24) is 5.32 Å². The molecule has 1 aliphatic heterocycles. The topological polar surface area (TPSA) is 67.4 Å². The molecule has 0 atom stereocenters. The summed E-state index contributed by atoms with van der Waals surface area (Å²) >= 11 is 0. The maximum atomic E-state index is 12.2. The van der Waals surface area contributed by atoms with Crippen LogP contribution >= 0.6 is 0 Å². The molecule has 1 aromatic rings. The molecule has 0 aromatic heterocycles. The predicted octanol–water partition coefficient (Wildman–Crippen LogP) is 1.83. The van der Waals surface area contributed by atoms with Crippen molar-refractivity contribution in [2.24, 2.45) is 5.92 Å². The summed E-state index contributed by atoms with van der Waals surface area (Å²) in [4.78, 5) is 0. The highest BCUT2D eigenvalue weighted by atomic mass is 32.2. The summed E-state index contributed by atoms with van der Waals surface area (Å²) < 4.78 is 32.3. The molecule has 1 aliphatic rings. The van der Waals surface area contributed by atoms with Crippen molar-refractivity contribution in [3.05, 3.63) is 24.3 Å². The van der Waals surface area contributed by atoms with Crippen molar-refractivity contribution in [2.75, 3.05) is 30.2 Å². The molecule has 1 heterocycles. The first-order chi connectivity index (χ1) is 9.59. The molecule has 0 amide bonds. The van der Waals surface area contributed by atoms with Crippen LogP contribution in [0.15, 0.2) is 24.3 Å². The van der Waals surface area contributed by atoms with Gasteiger partial charge < -0.3 is 10.1 Å². The average molecular weight is 298 g/mol. The number of hydrogen-bond donors (Lipinski definition) is 2. The molecule has 1 fully saturated rings. The van der Waals surface area contributed by atoms with E-state index in [4.69, 9.17) is 4.74 Å². The van der Waals surface area contributed by atoms with E-state index in [0.717, 1.165) is 25.9 Å². The molecule has 0 radical (unpaired) electrons. The van der Waals surface area contributed by atoms with Gasteiger partial charge in [0.1, 0.15) is 5.75 Å². The molecule has 1 aromatic carbocycles. The van der Waals surface area contributed by atoms with Crippen LogP contribution in [-0.2, 0) is 10.0 Å². The largest absolute Gasteiger partial charge is 0.494 e. The van der Waals surface area contributed by atoms with Crippen LogP contribution in [-0.4, -0.2) is 33.9 Å². The Morgan fingerprint density at radius 3 is 2.80 bits per heavy atom. The molecular formula is C14H22N2O3S. The number of benzene rings is 1. The summed E-state index contributed by atoms with van der Waals surface area (Å²) in [6.07, 6.45) is 1.83. The quantitative estimate of drug-likeness (QED) is 0.841. The molecule has 0 aliphatic carbocycles. The van der Waals surface area contributed by atoms with Crippen LogP contribution in [0, 0.1) is 5.92 Å². The van der Waals surface area contributed by atoms with Gasteiger partial charge >= 0.3 is 0 Å². The average Bonchev–Trinajstić information content (AvgIpc) is 2.39. The van der Waals surface area contributed by atoms with Gasteiger partial charge in [0.05, 0.1) is 18.0 Å². The van der Waals surface area contributed by atoms with Gasteiger partial charge in [-0.1, -0.05) is 6.07 Å². The Kier molecular flexibility index (Phi) is 5.25. The van der Waals surface area contributed by atoms with Crippen LogP contribution in [0.5, 0.6) is 5.75 Å². The van der Waals surface area contributed by atoms with E-state index in [0.29, 0.717) is 18.0 Å². The highest BCUT2D eigenvalue weighted by Gasteiger charge is 2.21. The highest BCUT2D eigenvalue weighted by Crippen LogP contribution is 2.20. The zero-order valence-electron chi connectivity index (χ0n) is 11.8.